The van der Waals surface area contributed by atoms with Gasteiger partial charge in [0.05, 0.1) is 47.8 Å². The number of nitro groups is 1. The highest BCUT2D eigenvalue weighted by Gasteiger charge is 2.38. The molecule has 2 heterocycles. The molecule has 0 radical (unpaired) electrons. The molecule has 0 fully saturated rings. The Balaban J connectivity index is 1.22. The number of aryl methyl sites for hydroxylation is 1. The van der Waals surface area contributed by atoms with Crippen LogP contribution in [-0.4, -0.2) is 55.3 Å². The molecule has 1 aromatic heterocycles. The number of carbonyl (C=O) groups is 2. The van der Waals surface area contributed by atoms with Crippen molar-refractivity contribution in [3.63, 3.8) is 0 Å². The summed E-state index contributed by atoms with van der Waals surface area (Å²) in [4.78, 5) is 42.0. The molecule has 0 amide bonds. The van der Waals surface area contributed by atoms with Crippen molar-refractivity contribution < 1.29 is 28.7 Å². The summed E-state index contributed by atoms with van der Waals surface area (Å²) < 4.78 is 16.4. The lowest BCUT2D eigenvalue weighted by molar-refractivity contribution is -0.384. The van der Waals surface area contributed by atoms with E-state index < -0.39 is 22.8 Å². The fourth-order valence-corrected chi connectivity index (χ4v) is 6.18. The van der Waals surface area contributed by atoms with Crippen molar-refractivity contribution in [2.45, 2.75) is 45.4 Å². The fraction of sp³-hybridized carbons (Fsp3) is 0.364. The lowest BCUT2D eigenvalue weighted by Gasteiger charge is -2.30. The minimum Gasteiger partial charge on any atom is -0.466 e. The van der Waals surface area contributed by atoms with E-state index in [1.807, 2.05) is 18.2 Å². The van der Waals surface area contributed by atoms with E-state index in [-0.39, 0.29) is 30.0 Å². The number of methoxy groups -OCH3 is 1. The largest absolute Gasteiger partial charge is 0.466 e. The number of pyridine rings is 1. The van der Waals surface area contributed by atoms with Gasteiger partial charge in [0.1, 0.15) is 6.61 Å². The highest BCUT2D eigenvalue weighted by Crippen LogP contribution is 2.40. The lowest BCUT2D eigenvalue weighted by atomic mass is 9.80. The van der Waals surface area contributed by atoms with Crippen LogP contribution in [0.25, 0.3) is 10.9 Å². The van der Waals surface area contributed by atoms with Crippen molar-refractivity contribution in [2.24, 2.45) is 0 Å². The molecule has 0 bridgehead atoms. The van der Waals surface area contributed by atoms with Crippen molar-refractivity contribution >= 4 is 45.8 Å². The first-order chi connectivity index (χ1) is 21.7. The van der Waals surface area contributed by atoms with Crippen molar-refractivity contribution in [3.05, 3.63) is 97.0 Å². The summed E-state index contributed by atoms with van der Waals surface area (Å²) in [7, 11) is 1.24. The van der Waals surface area contributed by atoms with Crippen LogP contribution in [0.15, 0.2) is 65.0 Å². The van der Waals surface area contributed by atoms with Gasteiger partial charge in [-0.2, -0.15) is 0 Å². The van der Waals surface area contributed by atoms with Gasteiger partial charge in [-0.3, -0.25) is 15.1 Å². The van der Waals surface area contributed by atoms with Crippen LogP contribution < -0.4 is 10.6 Å². The molecule has 45 heavy (non-hydrogen) atoms. The molecule has 236 valence electrons. The summed E-state index contributed by atoms with van der Waals surface area (Å²) in [5, 5.41) is 19.7. The minimum absolute atomic E-state index is 0.0282. The molecule has 5 rings (SSSR count). The average molecular weight is 635 g/mol. The molecule has 12 heteroatoms. The van der Waals surface area contributed by atoms with E-state index >= 15 is 0 Å². The molecule has 2 aliphatic rings. The van der Waals surface area contributed by atoms with Gasteiger partial charge in [0, 0.05) is 51.9 Å². The number of hydrogen-bond acceptors (Lipinski definition) is 10. The zero-order valence-corrected chi connectivity index (χ0v) is 26.2. The molecule has 3 aromatic rings. The summed E-state index contributed by atoms with van der Waals surface area (Å²) >= 11 is 6.23. The molecule has 1 unspecified atom stereocenters. The van der Waals surface area contributed by atoms with Crippen LogP contribution in [0.3, 0.4) is 0 Å². The summed E-state index contributed by atoms with van der Waals surface area (Å²) in [6.07, 6.45) is 4.15. The Bertz CT molecular complexity index is 1720. The number of non-ortho nitro benzene ring substituents is 1. The van der Waals surface area contributed by atoms with E-state index in [0.717, 1.165) is 48.0 Å². The van der Waals surface area contributed by atoms with Gasteiger partial charge in [-0.1, -0.05) is 23.7 Å². The summed E-state index contributed by atoms with van der Waals surface area (Å²) in [5.74, 6) is -2.25. The highest BCUT2D eigenvalue weighted by molar-refractivity contribution is 6.31. The number of carbonyl (C=O) groups excluding carboxylic acids is 2. The monoisotopic (exact) mass is 634 g/mol. The molecule has 1 aliphatic carbocycles. The number of allylic oxidation sites excluding steroid dienone is 2. The molecule has 1 atom stereocenters. The minimum atomic E-state index is -0.924. The van der Waals surface area contributed by atoms with Gasteiger partial charge in [0.2, 0.25) is 0 Å². The predicted molar refractivity (Wildman–Crippen MR) is 170 cm³/mol. The number of anilines is 1. The van der Waals surface area contributed by atoms with Crippen molar-refractivity contribution in [2.75, 3.05) is 38.8 Å². The number of nitrogens with zero attached hydrogens (tertiary/aromatic N) is 2. The zero-order chi connectivity index (χ0) is 32.1. The van der Waals surface area contributed by atoms with E-state index in [9.17, 15) is 19.7 Å². The van der Waals surface area contributed by atoms with Gasteiger partial charge in [-0.15, -0.1) is 0 Å². The van der Waals surface area contributed by atoms with Crippen LogP contribution >= 0.6 is 11.6 Å². The number of fused-ring (bicyclic) bond motifs is 2. The number of nitrogens with one attached hydrogen (secondary N) is 2. The quantitative estimate of drug-likeness (QED) is 0.116. The predicted octanol–water partition coefficient (Wildman–Crippen LogP) is 5.75. The molecule has 1 aliphatic heterocycles. The van der Waals surface area contributed by atoms with Gasteiger partial charge in [0.25, 0.3) is 5.69 Å². The molecule has 2 aromatic carbocycles. The van der Waals surface area contributed by atoms with Crippen LogP contribution in [-0.2, 0) is 36.6 Å². The van der Waals surface area contributed by atoms with Crippen molar-refractivity contribution in [3.8, 4) is 0 Å². The molecule has 0 spiro atoms. The molecule has 0 saturated carbocycles. The number of halogens is 1. The van der Waals surface area contributed by atoms with Crippen LogP contribution in [0.5, 0.6) is 0 Å². The summed E-state index contributed by atoms with van der Waals surface area (Å²) in [6, 6.07) is 11.6. The third-order valence-corrected chi connectivity index (χ3v) is 8.27. The third-order valence-electron chi connectivity index (χ3n) is 8.03. The maximum absolute atomic E-state index is 13.4. The number of aromatic nitrogens is 1. The number of ether oxygens (including phenoxy) is 3. The summed E-state index contributed by atoms with van der Waals surface area (Å²) in [6.45, 7) is 4.41. The fourth-order valence-electron chi connectivity index (χ4n) is 6.02. The first kappa shape index (κ1) is 31.9. The third kappa shape index (κ3) is 6.94. The maximum atomic E-state index is 13.4. The standard InChI is InChI=1S/C33H35ClN4O7/c1-19-28(32(39)43-3)30(21-7-6-8-23(17-21)38(41)42)29(20(2)36-19)33(40)45-16-15-44-14-13-35-31-24-9-4-5-10-26(24)37-27-18-22(34)11-12-25(27)31/h6-8,11-12,17-18,30,36H,4-5,9-10,13-16H2,1-3H3,(H,35,37). The number of benzene rings is 2. The Hall–Kier alpha value is -4.48. The molecule has 0 saturated heterocycles. The van der Waals surface area contributed by atoms with E-state index in [1.54, 1.807) is 19.9 Å². The van der Waals surface area contributed by atoms with Gasteiger partial charge in [0.15, 0.2) is 0 Å². The van der Waals surface area contributed by atoms with Gasteiger partial charge < -0.3 is 24.8 Å². The van der Waals surface area contributed by atoms with Crippen LogP contribution in [0.2, 0.25) is 5.02 Å². The topological polar surface area (TPSA) is 142 Å². The van der Waals surface area contributed by atoms with Crippen molar-refractivity contribution in [1.29, 1.82) is 0 Å². The molecule has 2 N–H and O–H groups in total. The van der Waals surface area contributed by atoms with Crippen LogP contribution in [0.1, 0.15) is 49.4 Å². The smallest absolute Gasteiger partial charge is 0.336 e. The second-order valence-electron chi connectivity index (χ2n) is 10.9. The van der Waals surface area contributed by atoms with Crippen LogP contribution in [0.4, 0.5) is 11.4 Å². The first-order valence-electron chi connectivity index (χ1n) is 14.8. The number of dihydropyridines is 1. The first-order valence-corrected chi connectivity index (χ1v) is 15.2. The average Bonchev–Trinajstić information content (AvgIpc) is 3.02. The number of hydrogen-bond donors (Lipinski definition) is 2. The van der Waals surface area contributed by atoms with E-state index in [2.05, 4.69) is 10.6 Å². The van der Waals surface area contributed by atoms with Crippen LogP contribution in [0, 0.1) is 10.1 Å². The van der Waals surface area contributed by atoms with Gasteiger partial charge in [-0.25, -0.2) is 9.59 Å². The van der Waals surface area contributed by atoms with E-state index in [1.165, 1.54) is 30.9 Å². The Morgan fingerprint density at radius 2 is 1.80 bits per heavy atom. The maximum Gasteiger partial charge on any atom is 0.336 e. The van der Waals surface area contributed by atoms with Crippen molar-refractivity contribution in [1.82, 2.24) is 10.3 Å². The summed E-state index contributed by atoms with van der Waals surface area (Å²) in [5.41, 5.74) is 5.80. The Labute approximate surface area is 265 Å². The Morgan fingerprint density at radius 3 is 2.56 bits per heavy atom. The Morgan fingerprint density at radius 1 is 1.04 bits per heavy atom. The van der Waals surface area contributed by atoms with E-state index in [4.69, 9.17) is 30.8 Å². The SMILES string of the molecule is COC(=O)C1=C(C)NC(C)=C(C(=O)OCCOCCNc2c3c(nc4cc(Cl)ccc24)CCCC3)C1c1cccc([N+](=O)[O-])c1. The number of nitro benzene ring substituents is 1. The molecular formula is C33H35ClN4O7. The second-order valence-corrected chi connectivity index (χ2v) is 11.4. The number of rotatable bonds is 11. The Kier molecular flexibility index (Phi) is 9.99. The van der Waals surface area contributed by atoms with Gasteiger partial charge in [-0.05, 0) is 68.9 Å². The zero-order valence-electron chi connectivity index (χ0n) is 25.4. The van der Waals surface area contributed by atoms with Gasteiger partial charge >= 0.3 is 11.9 Å². The van der Waals surface area contributed by atoms with E-state index in [0.29, 0.717) is 35.1 Å². The number of esters is 2. The molecular weight excluding hydrogens is 600 g/mol. The lowest BCUT2D eigenvalue weighted by Crippen LogP contribution is -2.32. The normalized spacial score (nSPS) is 16.2. The second kappa shape index (κ2) is 14.1. The molecule has 11 nitrogen and oxygen atoms in total. The highest BCUT2D eigenvalue weighted by atomic mass is 35.5.